The Balaban J connectivity index is 1.10. The number of nitrogens with zero attached hydrogens (tertiary/aromatic N) is 2. The Morgan fingerprint density at radius 3 is 1.58 bits per heavy atom. The van der Waals surface area contributed by atoms with Crippen molar-refractivity contribution in [3.8, 4) is 23.0 Å². The molecule has 0 spiro atoms. The highest BCUT2D eigenvalue weighted by Gasteiger charge is 2.47. The Morgan fingerprint density at radius 1 is 0.509 bits per heavy atom. The van der Waals surface area contributed by atoms with Crippen LogP contribution in [-0.2, 0) is 5.41 Å². The number of hydrogen-bond acceptors (Lipinski definition) is 4. The molecule has 2 aliphatic heterocycles. The number of aryl methyl sites for hydroxylation is 1. The minimum absolute atomic E-state index is 0.0758. The first-order chi connectivity index (χ1) is 25.6. The Bertz CT molecular complexity index is 2690. The Morgan fingerprint density at radius 2 is 1.00 bits per heavy atom. The summed E-state index contributed by atoms with van der Waals surface area (Å²) in [7, 11) is 1.42. The van der Waals surface area contributed by atoms with Crippen molar-refractivity contribution in [3.63, 3.8) is 0 Å². The monoisotopic (exact) mass is 696 g/mol. The Kier molecular flexibility index (Phi) is 6.95. The van der Waals surface area contributed by atoms with Gasteiger partial charge in [-0.3, -0.25) is 24.1 Å². The first kappa shape index (κ1) is 32.0. The normalized spacial score (nSPS) is 14.9. The van der Waals surface area contributed by atoms with Gasteiger partial charge in [-0.05, 0) is 100 Å². The van der Waals surface area contributed by atoms with Crippen LogP contribution in [0.1, 0.15) is 80.4 Å². The van der Waals surface area contributed by atoms with E-state index in [4.69, 9.17) is 0 Å². The highest BCUT2D eigenvalue weighted by Crippen LogP contribution is 2.56. The van der Waals surface area contributed by atoms with Crippen LogP contribution in [0.25, 0.3) is 11.1 Å². The fraction of sp³-hybridized carbons (Fsp3) is 0.0667. The topological polar surface area (TPSA) is 74.8 Å². The van der Waals surface area contributed by atoms with Gasteiger partial charge in [-0.1, -0.05) is 78.6 Å². The van der Waals surface area contributed by atoms with Gasteiger partial charge in [-0.15, -0.1) is 0 Å². The third-order valence-electron chi connectivity index (χ3n) is 10.5. The van der Waals surface area contributed by atoms with Crippen LogP contribution in [-0.4, -0.2) is 35.6 Å². The lowest BCUT2D eigenvalue weighted by Gasteiger charge is -2.34. The van der Waals surface area contributed by atoms with Crippen LogP contribution < -0.4 is 4.90 Å². The zero-order chi connectivity index (χ0) is 36.8. The van der Waals surface area contributed by atoms with Gasteiger partial charge in [0.15, 0.2) is 0 Å². The molecule has 0 radical (unpaired) electrons. The fourth-order valence-electron chi connectivity index (χ4n) is 7.89. The van der Waals surface area contributed by atoms with Gasteiger partial charge in [0.05, 0.1) is 33.4 Å². The molecule has 0 N–H and O–H groups in total. The molecule has 1 aliphatic carbocycles. The average Bonchev–Trinajstić information content (AvgIpc) is 3.70. The lowest BCUT2D eigenvalue weighted by atomic mass is 9.67. The number of carbonyl (C=O) groups is 4. The molecular weight excluding hydrogens is 671 g/mol. The van der Waals surface area contributed by atoms with Crippen LogP contribution in [0.3, 0.4) is 0 Å². The minimum Gasteiger partial charge on any atom is -0.277 e. The van der Waals surface area contributed by atoms with Gasteiger partial charge in [0.25, 0.3) is 23.6 Å². The van der Waals surface area contributed by atoms with Crippen molar-refractivity contribution in [2.75, 3.05) is 11.9 Å². The Labute approximate surface area is 302 Å². The molecule has 6 aromatic rings. The van der Waals surface area contributed by atoms with Crippen LogP contribution in [0.2, 0.25) is 0 Å². The zero-order valence-corrected chi connectivity index (χ0v) is 28.3. The van der Waals surface area contributed by atoms with E-state index >= 15 is 8.78 Å². The molecule has 0 aromatic heterocycles. The average molecular weight is 697 g/mol. The predicted molar refractivity (Wildman–Crippen MR) is 195 cm³/mol. The summed E-state index contributed by atoms with van der Waals surface area (Å²) in [5.74, 6) is 2.58. The van der Waals surface area contributed by atoms with Gasteiger partial charge < -0.3 is 0 Å². The van der Waals surface area contributed by atoms with Gasteiger partial charge in [0.1, 0.15) is 11.6 Å². The highest BCUT2D eigenvalue weighted by atomic mass is 19.1. The van der Waals surface area contributed by atoms with Crippen molar-refractivity contribution in [2.24, 2.45) is 0 Å². The molecule has 9 rings (SSSR count). The number of benzene rings is 6. The van der Waals surface area contributed by atoms with Crippen molar-refractivity contribution >= 4 is 29.3 Å². The fourth-order valence-corrected chi connectivity index (χ4v) is 7.89. The predicted octanol–water partition coefficient (Wildman–Crippen LogP) is 8.06. The number of amides is 4. The van der Waals surface area contributed by atoms with E-state index in [1.807, 2.05) is 54.6 Å². The molecule has 0 fully saturated rings. The molecule has 6 aromatic carbocycles. The molecule has 0 atom stereocenters. The van der Waals surface area contributed by atoms with E-state index in [1.165, 1.54) is 37.4 Å². The lowest BCUT2D eigenvalue weighted by Crippen LogP contribution is -2.32. The second-order valence-corrected chi connectivity index (χ2v) is 13.4. The second kappa shape index (κ2) is 11.5. The summed E-state index contributed by atoms with van der Waals surface area (Å²) >= 11 is 0. The maximum absolute atomic E-state index is 16.6. The summed E-state index contributed by atoms with van der Waals surface area (Å²) < 4.78 is 31.9. The second-order valence-electron chi connectivity index (χ2n) is 13.4. The largest absolute Gasteiger partial charge is 0.277 e. The van der Waals surface area contributed by atoms with Crippen molar-refractivity contribution in [3.05, 3.63) is 194 Å². The van der Waals surface area contributed by atoms with E-state index < -0.39 is 29.0 Å². The van der Waals surface area contributed by atoms with E-state index in [-0.39, 0.29) is 34.1 Å². The molecule has 0 unspecified atom stereocenters. The highest BCUT2D eigenvalue weighted by molar-refractivity contribution is 6.34. The maximum Gasteiger partial charge on any atom is 0.266 e. The van der Waals surface area contributed by atoms with E-state index in [2.05, 4.69) is 11.8 Å². The molecule has 4 amide bonds. The summed E-state index contributed by atoms with van der Waals surface area (Å²) in [6, 6.07) is 34.4. The molecule has 6 nitrogen and oxygen atoms in total. The molecular formula is C45H26F2N2O4. The summed E-state index contributed by atoms with van der Waals surface area (Å²) in [6.07, 6.45) is 0. The van der Waals surface area contributed by atoms with Crippen molar-refractivity contribution in [1.29, 1.82) is 0 Å². The molecule has 254 valence electrons. The number of hydrogen-bond donors (Lipinski definition) is 0. The zero-order valence-electron chi connectivity index (χ0n) is 28.3. The van der Waals surface area contributed by atoms with Crippen molar-refractivity contribution in [2.45, 2.75) is 12.3 Å². The quantitative estimate of drug-likeness (QED) is 0.138. The van der Waals surface area contributed by atoms with Crippen LogP contribution >= 0.6 is 0 Å². The summed E-state index contributed by atoms with van der Waals surface area (Å²) in [6.45, 7) is 1.69. The molecule has 3 aliphatic rings. The molecule has 53 heavy (non-hydrogen) atoms. The third kappa shape index (κ3) is 4.50. The van der Waals surface area contributed by atoms with E-state index in [0.717, 1.165) is 32.1 Å². The van der Waals surface area contributed by atoms with Crippen LogP contribution in [0.15, 0.2) is 121 Å². The van der Waals surface area contributed by atoms with E-state index in [0.29, 0.717) is 33.4 Å². The van der Waals surface area contributed by atoms with Crippen molar-refractivity contribution in [1.82, 2.24) is 4.90 Å². The molecule has 0 saturated carbocycles. The van der Waals surface area contributed by atoms with Gasteiger partial charge in [-0.2, -0.15) is 0 Å². The van der Waals surface area contributed by atoms with Gasteiger partial charge in [0.2, 0.25) is 0 Å². The van der Waals surface area contributed by atoms with E-state index in [1.54, 1.807) is 43.3 Å². The third-order valence-corrected chi connectivity index (χ3v) is 10.5. The summed E-state index contributed by atoms with van der Waals surface area (Å²) in [5.41, 5.74) is 5.60. The number of anilines is 1. The molecule has 8 heteroatoms. The lowest BCUT2D eigenvalue weighted by molar-refractivity contribution is 0.0692. The summed E-state index contributed by atoms with van der Waals surface area (Å²) in [5, 5.41) is 0. The summed E-state index contributed by atoms with van der Waals surface area (Å²) in [4.78, 5) is 54.0. The standard InChI is InChI=1S/C45H26F2N2O4/c1-25-11-16-28(23-38(25)46)45(36-9-5-3-7-30(36)31-8-4-6-10-37(31)45)29-17-20-40(39(47)24-29)49-43(52)33-19-15-27(22-35(33)44(49)53)13-12-26-14-18-32-34(21-26)42(51)48(2)41(32)50/h3-11,14-24H,1-2H3. The van der Waals surface area contributed by atoms with Crippen LogP contribution in [0.5, 0.6) is 0 Å². The number of imide groups is 2. The molecule has 0 saturated heterocycles. The number of carbonyl (C=O) groups excluding carboxylic acids is 4. The van der Waals surface area contributed by atoms with Crippen LogP contribution in [0.4, 0.5) is 14.5 Å². The van der Waals surface area contributed by atoms with Crippen LogP contribution in [0, 0.1) is 30.4 Å². The van der Waals surface area contributed by atoms with Crippen molar-refractivity contribution < 1.29 is 28.0 Å². The van der Waals surface area contributed by atoms with Gasteiger partial charge in [-0.25, -0.2) is 13.7 Å². The Hall–Kier alpha value is -6.98. The van der Waals surface area contributed by atoms with Gasteiger partial charge >= 0.3 is 0 Å². The smallest absolute Gasteiger partial charge is 0.266 e. The minimum atomic E-state index is -1.09. The maximum atomic E-state index is 16.6. The first-order valence-electron chi connectivity index (χ1n) is 16.9. The molecule has 0 bridgehead atoms. The number of rotatable bonds is 3. The SMILES string of the molecule is Cc1ccc(C2(c3ccc(N4C(=O)c5ccc(C#Cc6ccc7c(c6)C(=O)N(C)C7=O)cc5C4=O)c(F)c3)c3ccccc3-c3ccccc32)cc1F. The molecule has 2 heterocycles. The number of fused-ring (bicyclic) bond motifs is 5. The van der Waals surface area contributed by atoms with E-state index in [9.17, 15) is 19.2 Å². The van der Waals surface area contributed by atoms with Gasteiger partial charge in [0, 0.05) is 18.2 Å². The number of halogens is 2. The first-order valence-corrected chi connectivity index (χ1v) is 16.9.